The highest BCUT2D eigenvalue weighted by atomic mass is 16.5. The van der Waals surface area contributed by atoms with Gasteiger partial charge in [0.1, 0.15) is 0 Å². The average molecular weight is 221 g/mol. The number of aryl methyl sites for hydroxylation is 1. The number of carbonyl (C=O) groups is 1. The summed E-state index contributed by atoms with van der Waals surface area (Å²) in [5.41, 5.74) is 0. The Labute approximate surface area is 93.6 Å². The lowest BCUT2D eigenvalue weighted by atomic mass is 10.0. The summed E-state index contributed by atoms with van der Waals surface area (Å²) in [7, 11) is 0. The van der Waals surface area contributed by atoms with Crippen LogP contribution in [0.3, 0.4) is 0 Å². The van der Waals surface area contributed by atoms with Crippen LogP contribution in [0.4, 0.5) is 0 Å². The van der Waals surface area contributed by atoms with E-state index in [0.29, 0.717) is 18.3 Å². The normalized spacial score (nSPS) is 31.2. The van der Waals surface area contributed by atoms with Gasteiger partial charge in [-0.25, -0.2) is 0 Å². The van der Waals surface area contributed by atoms with Gasteiger partial charge in [0.2, 0.25) is 11.8 Å². The fourth-order valence-corrected chi connectivity index (χ4v) is 2.65. The summed E-state index contributed by atoms with van der Waals surface area (Å²) in [5, 5.41) is 6.53. The quantitative estimate of drug-likeness (QED) is 0.828. The smallest absolute Gasteiger partial charge is 0.246 e. The van der Waals surface area contributed by atoms with Gasteiger partial charge in [0, 0.05) is 5.92 Å². The molecule has 5 heteroatoms. The summed E-state index contributed by atoms with van der Waals surface area (Å²) in [6, 6.07) is 0. The lowest BCUT2D eigenvalue weighted by Crippen LogP contribution is -2.29. The van der Waals surface area contributed by atoms with E-state index in [4.69, 9.17) is 4.52 Å². The van der Waals surface area contributed by atoms with Gasteiger partial charge in [-0.1, -0.05) is 5.16 Å². The second kappa shape index (κ2) is 3.57. The number of nitrogens with zero attached hydrogens (tertiary/aromatic N) is 2. The topological polar surface area (TPSA) is 68.0 Å². The van der Waals surface area contributed by atoms with Crippen molar-refractivity contribution in [2.24, 2.45) is 17.8 Å². The minimum absolute atomic E-state index is 0.142. The largest absolute Gasteiger partial charge is 0.347 e. The number of amides is 1. The van der Waals surface area contributed by atoms with E-state index in [1.165, 1.54) is 6.42 Å². The molecule has 0 saturated heterocycles. The highest BCUT2D eigenvalue weighted by molar-refractivity contribution is 5.79. The Morgan fingerprint density at radius 3 is 2.81 bits per heavy atom. The average Bonchev–Trinajstić information content (AvgIpc) is 2.71. The van der Waals surface area contributed by atoms with Gasteiger partial charge < -0.3 is 9.84 Å². The molecular weight excluding hydrogens is 206 g/mol. The van der Waals surface area contributed by atoms with Crippen LogP contribution in [0.5, 0.6) is 0 Å². The number of fused-ring (bicyclic) bond motifs is 1. The van der Waals surface area contributed by atoms with Gasteiger partial charge in [-0.2, -0.15) is 4.98 Å². The van der Waals surface area contributed by atoms with Crippen molar-refractivity contribution in [3.8, 4) is 0 Å². The number of nitrogens with one attached hydrogen (secondary N) is 1. The molecule has 0 spiro atoms. The molecule has 86 valence electrons. The molecule has 2 saturated carbocycles. The van der Waals surface area contributed by atoms with E-state index in [-0.39, 0.29) is 11.8 Å². The molecule has 2 aliphatic carbocycles. The van der Waals surface area contributed by atoms with Gasteiger partial charge in [0.15, 0.2) is 5.82 Å². The van der Waals surface area contributed by atoms with Crippen LogP contribution in [0.15, 0.2) is 4.52 Å². The third kappa shape index (κ3) is 1.81. The highest BCUT2D eigenvalue weighted by Gasteiger charge is 2.47. The van der Waals surface area contributed by atoms with Crippen LogP contribution in [-0.4, -0.2) is 16.0 Å². The molecule has 0 aliphatic heterocycles. The third-order valence-corrected chi connectivity index (χ3v) is 3.60. The molecule has 2 atom stereocenters. The number of aromatic nitrogens is 2. The highest BCUT2D eigenvalue weighted by Crippen LogP contribution is 2.54. The van der Waals surface area contributed by atoms with Gasteiger partial charge in [-0.3, -0.25) is 4.79 Å². The Bertz CT molecular complexity index is 405. The SMILES string of the molecule is Cc1noc(CNC(=O)C2CC3CC3C2)n1. The molecule has 2 unspecified atom stereocenters. The van der Waals surface area contributed by atoms with Crippen LogP contribution < -0.4 is 5.32 Å². The van der Waals surface area contributed by atoms with Crippen molar-refractivity contribution in [3.05, 3.63) is 11.7 Å². The van der Waals surface area contributed by atoms with E-state index in [0.717, 1.165) is 24.7 Å². The lowest BCUT2D eigenvalue weighted by Gasteiger charge is -2.10. The van der Waals surface area contributed by atoms with Gasteiger partial charge in [-0.15, -0.1) is 0 Å². The van der Waals surface area contributed by atoms with Crippen molar-refractivity contribution in [2.45, 2.75) is 32.7 Å². The first kappa shape index (κ1) is 9.81. The molecule has 0 radical (unpaired) electrons. The van der Waals surface area contributed by atoms with E-state index in [2.05, 4.69) is 15.5 Å². The van der Waals surface area contributed by atoms with Gasteiger partial charge in [0.05, 0.1) is 6.54 Å². The Kier molecular flexibility index (Phi) is 2.19. The zero-order valence-electron chi connectivity index (χ0n) is 9.27. The van der Waals surface area contributed by atoms with Crippen LogP contribution in [-0.2, 0) is 11.3 Å². The molecule has 5 nitrogen and oxygen atoms in total. The van der Waals surface area contributed by atoms with Crippen LogP contribution in [0.2, 0.25) is 0 Å². The summed E-state index contributed by atoms with van der Waals surface area (Å²) in [6.45, 7) is 2.12. The van der Waals surface area contributed by atoms with E-state index < -0.39 is 0 Å². The number of hydrogen-bond donors (Lipinski definition) is 1. The molecule has 1 aromatic heterocycles. The van der Waals surface area contributed by atoms with Crippen molar-refractivity contribution in [1.82, 2.24) is 15.5 Å². The van der Waals surface area contributed by atoms with E-state index in [1.807, 2.05) is 0 Å². The molecule has 2 fully saturated rings. The van der Waals surface area contributed by atoms with Crippen molar-refractivity contribution < 1.29 is 9.32 Å². The maximum atomic E-state index is 11.8. The summed E-state index contributed by atoms with van der Waals surface area (Å²) >= 11 is 0. The fraction of sp³-hybridized carbons (Fsp3) is 0.727. The van der Waals surface area contributed by atoms with E-state index >= 15 is 0 Å². The van der Waals surface area contributed by atoms with Gasteiger partial charge in [0.25, 0.3) is 0 Å². The second-order valence-corrected chi connectivity index (χ2v) is 4.88. The summed E-state index contributed by atoms with van der Waals surface area (Å²) in [5.74, 6) is 3.11. The predicted octanol–water partition coefficient (Wildman–Crippen LogP) is 1.04. The van der Waals surface area contributed by atoms with Crippen LogP contribution in [0.25, 0.3) is 0 Å². The number of hydrogen-bond acceptors (Lipinski definition) is 4. The zero-order valence-corrected chi connectivity index (χ0v) is 9.27. The van der Waals surface area contributed by atoms with Gasteiger partial charge >= 0.3 is 0 Å². The summed E-state index contributed by atoms with van der Waals surface area (Å²) in [6.07, 6.45) is 3.48. The first-order valence-electron chi connectivity index (χ1n) is 5.79. The fourth-order valence-electron chi connectivity index (χ4n) is 2.65. The molecule has 0 aromatic carbocycles. The molecule has 0 bridgehead atoms. The minimum atomic E-state index is 0.142. The monoisotopic (exact) mass is 221 g/mol. The Balaban J connectivity index is 1.49. The standard InChI is InChI=1S/C11H15N3O2/c1-6-13-10(16-14-6)5-12-11(15)9-3-7-2-8(7)4-9/h7-9H,2-5H2,1H3,(H,12,15). The first-order chi connectivity index (χ1) is 7.72. The first-order valence-corrected chi connectivity index (χ1v) is 5.79. The molecule has 16 heavy (non-hydrogen) atoms. The summed E-state index contributed by atoms with van der Waals surface area (Å²) < 4.78 is 4.93. The maximum absolute atomic E-state index is 11.8. The third-order valence-electron chi connectivity index (χ3n) is 3.60. The van der Waals surface area contributed by atoms with Crippen molar-refractivity contribution in [3.63, 3.8) is 0 Å². The minimum Gasteiger partial charge on any atom is -0.347 e. The Hall–Kier alpha value is -1.39. The molecule has 1 N–H and O–H groups in total. The second-order valence-electron chi connectivity index (χ2n) is 4.88. The van der Waals surface area contributed by atoms with E-state index in [9.17, 15) is 4.79 Å². The summed E-state index contributed by atoms with van der Waals surface area (Å²) in [4.78, 5) is 15.8. The Morgan fingerprint density at radius 2 is 2.19 bits per heavy atom. The van der Waals surface area contributed by atoms with Crippen molar-refractivity contribution in [1.29, 1.82) is 0 Å². The lowest BCUT2D eigenvalue weighted by molar-refractivity contribution is -0.125. The van der Waals surface area contributed by atoms with Crippen molar-refractivity contribution in [2.75, 3.05) is 0 Å². The molecule has 1 aromatic rings. The van der Waals surface area contributed by atoms with Crippen molar-refractivity contribution >= 4 is 5.91 Å². The predicted molar refractivity (Wildman–Crippen MR) is 55.2 cm³/mol. The molecule has 1 amide bonds. The number of rotatable bonds is 3. The molecular formula is C11H15N3O2. The van der Waals surface area contributed by atoms with Crippen LogP contribution >= 0.6 is 0 Å². The zero-order chi connectivity index (χ0) is 11.1. The number of carbonyl (C=O) groups excluding carboxylic acids is 1. The van der Waals surface area contributed by atoms with Gasteiger partial charge in [-0.05, 0) is 38.0 Å². The molecule has 1 heterocycles. The van der Waals surface area contributed by atoms with Crippen LogP contribution in [0.1, 0.15) is 31.0 Å². The van der Waals surface area contributed by atoms with E-state index in [1.54, 1.807) is 6.92 Å². The van der Waals surface area contributed by atoms with Crippen LogP contribution in [0, 0.1) is 24.7 Å². The molecule has 2 aliphatic rings. The Morgan fingerprint density at radius 1 is 1.44 bits per heavy atom. The maximum Gasteiger partial charge on any atom is 0.246 e. The molecule has 3 rings (SSSR count).